The average molecular weight is 328 g/mol. The van der Waals surface area contributed by atoms with Crippen LogP contribution in [-0.4, -0.2) is 47.6 Å². The van der Waals surface area contributed by atoms with E-state index in [4.69, 9.17) is 22.1 Å². The number of anilines is 1. The van der Waals surface area contributed by atoms with E-state index in [-0.39, 0.29) is 23.2 Å². The first-order valence-corrected chi connectivity index (χ1v) is 7.61. The van der Waals surface area contributed by atoms with Crippen molar-refractivity contribution in [3.63, 3.8) is 0 Å². The number of carbonyl (C=O) groups excluding carboxylic acids is 1. The van der Waals surface area contributed by atoms with Gasteiger partial charge in [-0.2, -0.15) is 5.10 Å². The predicted molar refractivity (Wildman–Crippen MR) is 81.1 cm³/mol. The van der Waals surface area contributed by atoms with E-state index in [2.05, 4.69) is 15.5 Å². The second-order valence-corrected chi connectivity index (χ2v) is 6.11. The van der Waals surface area contributed by atoms with E-state index in [0.717, 1.165) is 12.8 Å². The Kier molecular flexibility index (Phi) is 4.21. The lowest BCUT2D eigenvalue weighted by Crippen LogP contribution is -2.51. The molecular formula is C13H18ClN5O3. The maximum atomic E-state index is 11.8. The van der Waals surface area contributed by atoms with E-state index >= 15 is 0 Å². The molecular weight excluding hydrogens is 310 g/mol. The fraction of sp³-hybridized carbons (Fsp3) is 0.615. The van der Waals surface area contributed by atoms with Gasteiger partial charge in [-0.25, -0.2) is 9.89 Å². The molecule has 9 heteroatoms. The summed E-state index contributed by atoms with van der Waals surface area (Å²) in [5.41, 5.74) is 5.80. The summed E-state index contributed by atoms with van der Waals surface area (Å²) in [6, 6.07) is 0.296. The van der Waals surface area contributed by atoms with E-state index in [1.165, 1.54) is 6.20 Å². The predicted octanol–water partition coefficient (Wildman–Crippen LogP) is 0.218. The minimum absolute atomic E-state index is 0.101. The summed E-state index contributed by atoms with van der Waals surface area (Å²) in [4.78, 5) is 25.1. The third-order valence-corrected chi connectivity index (χ3v) is 4.40. The summed E-state index contributed by atoms with van der Waals surface area (Å²) < 4.78 is 5.39. The summed E-state index contributed by atoms with van der Waals surface area (Å²) in [5.74, 6) is 0. The van der Waals surface area contributed by atoms with Crippen molar-refractivity contribution >= 4 is 23.4 Å². The molecule has 2 aliphatic rings. The highest BCUT2D eigenvalue weighted by Crippen LogP contribution is 2.26. The molecule has 4 N–H and O–H groups in total. The first-order valence-electron chi connectivity index (χ1n) is 7.24. The molecule has 0 radical (unpaired) electrons. The number of carbonyl (C=O) groups is 1. The SMILES string of the molecule is NC1CC(NC(=O)O[C@@H]2CCN(c3cn[nH]c(=O)c3Cl)C2)C1. The zero-order chi connectivity index (χ0) is 15.7. The van der Waals surface area contributed by atoms with Gasteiger partial charge in [0.25, 0.3) is 5.56 Å². The van der Waals surface area contributed by atoms with Crippen molar-refractivity contribution in [2.45, 2.75) is 37.5 Å². The minimum Gasteiger partial charge on any atom is -0.444 e. The van der Waals surface area contributed by atoms with Crippen molar-refractivity contribution in [1.82, 2.24) is 15.5 Å². The number of nitrogens with one attached hydrogen (secondary N) is 2. The van der Waals surface area contributed by atoms with Crippen molar-refractivity contribution in [2.75, 3.05) is 18.0 Å². The third-order valence-electron chi connectivity index (χ3n) is 4.03. The lowest BCUT2D eigenvalue weighted by molar-refractivity contribution is 0.0992. The molecule has 8 nitrogen and oxygen atoms in total. The fourth-order valence-corrected chi connectivity index (χ4v) is 2.98. The van der Waals surface area contributed by atoms with Crippen LogP contribution >= 0.6 is 11.6 Å². The van der Waals surface area contributed by atoms with Crippen LogP contribution in [0.2, 0.25) is 5.02 Å². The average Bonchev–Trinajstić information content (AvgIpc) is 2.88. The Morgan fingerprint density at radius 3 is 3.05 bits per heavy atom. The van der Waals surface area contributed by atoms with Crippen molar-refractivity contribution in [3.8, 4) is 0 Å². The molecule has 0 aromatic carbocycles. The highest BCUT2D eigenvalue weighted by molar-refractivity contribution is 6.33. The van der Waals surface area contributed by atoms with Crippen LogP contribution in [0.25, 0.3) is 0 Å². The number of amides is 1. The number of rotatable bonds is 3. The number of halogens is 1. The van der Waals surface area contributed by atoms with Crippen LogP contribution in [0, 0.1) is 0 Å². The van der Waals surface area contributed by atoms with E-state index in [1.807, 2.05) is 4.90 Å². The Hall–Kier alpha value is -1.80. The van der Waals surface area contributed by atoms with E-state index < -0.39 is 11.7 Å². The lowest BCUT2D eigenvalue weighted by Gasteiger charge is -2.32. The van der Waals surface area contributed by atoms with Crippen LogP contribution < -0.4 is 21.5 Å². The Balaban J connectivity index is 1.53. The number of alkyl carbamates (subject to hydrolysis) is 1. The van der Waals surface area contributed by atoms with Crippen LogP contribution in [-0.2, 0) is 4.74 Å². The monoisotopic (exact) mass is 327 g/mol. The number of H-pyrrole nitrogens is 1. The van der Waals surface area contributed by atoms with Crippen LogP contribution in [0.1, 0.15) is 19.3 Å². The molecule has 0 spiro atoms. The molecule has 0 unspecified atom stereocenters. The van der Waals surface area contributed by atoms with Gasteiger partial charge in [-0.15, -0.1) is 0 Å². The van der Waals surface area contributed by atoms with E-state index in [1.54, 1.807) is 0 Å². The summed E-state index contributed by atoms with van der Waals surface area (Å²) in [6.07, 6.45) is 3.12. The van der Waals surface area contributed by atoms with Gasteiger partial charge in [-0.1, -0.05) is 11.6 Å². The maximum Gasteiger partial charge on any atom is 0.407 e. The largest absolute Gasteiger partial charge is 0.444 e. The second kappa shape index (κ2) is 6.13. The smallest absolute Gasteiger partial charge is 0.407 e. The molecule has 1 aromatic rings. The van der Waals surface area contributed by atoms with Gasteiger partial charge in [0.1, 0.15) is 11.1 Å². The second-order valence-electron chi connectivity index (χ2n) is 5.73. The normalized spacial score (nSPS) is 27.4. The van der Waals surface area contributed by atoms with Crippen LogP contribution in [0.15, 0.2) is 11.0 Å². The molecule has 2 heterocycles. The molecule has 1 saturated carbocycles. The number of nitrogens with two attached hydrogens (primary N) is 1. The maximum absolute atomic E-state index is 11.8. The Morgan fingerprint density at radius 1 is 1.55 bits per heavy atom. The standard InChI is InChI=1S/C13H18ClN5O3/c14-11-10(5-16-18-12(11)20)19-2-1-9(6-19)22-13(21)17-8-3-7(15)4-8/h5,7-9H,1-4,6,15H2,(H,17,21)(H,18,20)/t7?,8?,9-/m1/s1. The highest BCUT2D eigenvalue weighted by Gasteiger charge is 2.31. The molecule has 1 aromatic heterocycles. The number of nitrogens with zero attached hydrogens (tertiary/aromatic N) is 2. The summed E-state index contributed by atoms with van der Waals surface area (Å²) in [5, 5.41) is 8.92. The van der Waals surface area contributed by atoms with E-state index in [9.17, 15) is 9.59 Å². The van der Waals surface area contributed by atoms with Gasteiger partial charge in [0.2, 0.25) is 0 Å². The molecule has 1 atom stereocenters. The highest BCUT2D eigenvalue weighted by atomic mass is 35.5. The van der Waals surface area contributed by atoms with Crippen LogP contribution in [0.3, 0.4) is 0 Å². The summed E-state index contributed by atoms with van der Waals surface area (Å²) in [7, 11) is 0. The summed E-state index contributed by atoms with van der Waals surface area (Å²) >= 11 is 5.98. The topological polar surface area (TPSA) is 113 Å². The first-order chi connectivity index (χ1) is 10.5. The quantitative estimate of drug-likeness (QED) is 0.732. The molecule has 3 rings (SSSR count). The van der Waals surface area contributed by atoms with Gasteiger partial charge in [0, 0.05) is 25.0 Å². The molecule has 2 fully saturated rings. The number of hydrogen-bond acceptors (Lipinski definition) is 6. The number of aromatic amines is 1. The van der Waals surface area contributed by atoms with Crippen molar-refractivity contribution in [1.29, 1.82) is 0 Å². The van der Waals surface area contributed by atoms with Crippen LogP contribution in [0.4, 0.5) is 10.5 Å². The molecule has 0 bridgehead atoms. The molecule has 1 saturated heterocycles. The first kappa shape index (κ1) is 15.1. The van der Waals surface area contributed by atoms with Gasteiger partial charge < -0.3 is 20.7 Å². The number of ether oxygens (including phenoxy) is 1. The van der Waals surface area contributed by atoms with Crippen molar-refractivity contribution in [2.24, 2.45) is 5.73 Å². The van der Waals surface area contributed by atoms with Crippen LogP contribution in [0.5, 0.6) is 0 Å². The molecule has 1 amide bonds. The minimum atomic E-state index is -0.428. The van der Waals surface area contributed by atoms with Gasteiger partial charge in [0.15, 0.2) is 0 Å². The third kappa shape index (κ3) is 3.17. The molecule has 1 aliphatic carbocycles. The Labute approximate surface area is 132 Å². The van der Waals surface area contributed by atoms with Gasteiger partial charge in [-0.3, -0.25) is 4.79 Å². The van der Waals surface area contributed by atoms with Gasteiger partial charge in [0.05, 0.1) is 18.4 Å². The van der Waals surface area contributed by atoms with Crippen molar-refractivity contribution < 1.29 is 9.53 Å². The lowest BCUT2D eigenvalue weighted by atomic mass is 9.88. The zero-order valence-electron chi connectivity index (χ0n) is 11.9. The van der Waals surface area contributed by atoms with Gasteiger partial charge >= 0.3 is 6.09 Å². The summed E-state index contributed by atoms with van der Waals surface area (Å²) in [6.45, 7) is 1.14. The van der Waals surface area contributed by atoms with E-state index in [0.29, 0.717) is 25.2 Å². The molecule has 1 aliphatic heterocycles. The molecule has 120 valence electrons. The fourth-order valence-electron chi connectivity index (χ4n) is 2.77. The van der Waals surface area contributed by atoms with Crippen molar-refractivity contribution in [3.05, 3.63) is 21.6 Å². The number of aromatic nitrogens is 2. The number of hydrogen-bond donors (Lipinski definition) is 3. The molecule has 22 heavy (non-hydrogen) atoms. The van der Waals surface area contributed by atoms with Gasteiger partial charge in [-0.05, 0) is 12.8 Å². The zero-order valence-corrected chi connectivity index (χ0v) is 12.7. The Bertz CT molecular complexity index is 616. The Morgan fingerprint density at radius 2 is 2.32 bits per heavy atom.